The first-order valence-electron chi connectivity index (χ1n) is 7.90. The Bertz CT molecular complexity index is 1050. The standard InChI is InChI=1S/C22H20/c1-13-14(2)16(4)22-18(15(13)3)11-12-20-19-8-6-5-7-17(19)9-10-21(20)22/h5-12H,1-4H3. The number of fused-ring (bicyclic) bond motifs is 5. The van der Waals surface area contributed by atoms with Crippen molar-refractivity contribution in [3.8, 4) is 0 Å². The van der Waals surface area contributed by atoms with Crippen LogP contribution >= 0.6 is 0 Å². The van der Waals surface area contributed by atoms with E-state index in [1.54, 1.807) is 0 Å². The monoisotopic (exact) mass is 284 g/mol. The van der Waals surface area contributed by atoms with Crippen LogP contribution < -0.4 is 0 Å². The summed E-state index contributed by atoms with van der Waals surface area (Å²) in [6.07, 6.45) is 0. The van der Waals surface area contributed by atoms with Gasteiger partial charge in [-0.05, 0) is 82.3 Å². The zero-order chi connectivity index (χ0) is 15.4. The summed E-state index contributed by atoms with van der Waals surface area (Å²) < 4.78 is 0. The highest BCUT2D eigenvalue weighted by molar-refractivity contribution is 6.18. The molecule has 0 amide bonds. The van der Waals surface area contributed by atoms with Crippen LogP contribution in [0.5, 0.6) is 0 Å². The maximum Gasteiger partial charge on any atom is -0.00704 e. The predicted octanol–water partition coefficient (Wildman–Crippen LogP) is 6.38. The summed E-state index contributed by atoms with van der Waals surface area (Å²) in [6.45, 7) is 8.99. The minimum atomic E-state index is 1.31. The van der Waals surface area contributed by atoms with Crippen molar-refractivity contribution >= 4 is 32.3 Å². The van der Waals surface area contributed by atoms with Gasteiger partial charge < -0.3 is 0 Å². The Morgan fingerprint density at radius 2 is 1.09 bits per heavy atom. The third-order valence-corrected chi connectivity index (χ3v) is 5.39. The van der Waals surface area contributed by atoms with Gasteiger partial charge in [0.05, 0.1) is 0 Å². The van der Waals surface area contributed by atoms with E-state index in [1.807, 2.05) is 0 Å². The Morgan fingerprint density at radius 1 is 0.455 bits per heavy atom. The van der Waals surface area contributed by atoms with E-state index < -0.39 is 0 Å². The van der Waals surface area contributed by atoms with Gasteiger partial charge in [0.25, 0.3) is 0 Å². The number of hydrogen-bond acceptors (Lipinski definition) is 0. The van der Waals surface area contributed by atoms with Crippen molar-refractivity contribution in [2.75, 3.05) is 0 Å². The van der Waals surface area contributed by atoms with E-state index in [2.05, 4.69) is 76.2 Å². The van der Waals surface area contributed by atoms with E-state index in [1.165, 1.54) is 54.6 Å². The van der Waals surface area contributed by atoms with E-state index in [0.717, 1.165) is 0 Å². The molecule has 0 radical (unpaired) electrons. The molecular weight excluding hydrogens is 264 g/mol. The minimum Gasteiger partial charge on any atom is -0.0616 e. The molecule has 0 heteroatoms. The predicted molar refractivity (Wildman–Crippen MR) is 97.9 cm³/mol. The molecule has 4 aromatic carbocycles. The van der Waals surface area contributed by atoms with Crippen LogP contribution in [0.3, 0.4) is 0 Å². The van der Waals surface area contributed by atoms with Crippen LogP contribution in [-0.2, 0) is 0 Å². The molecule has 0 aliphatic carbocycles. The topological polar surface area (TPSA) is 0 Å². The molecule has 4 aromatic rings. The van der Waals surface area contributed by atoms with Gasteiger partial charge in [0.1, 0.15) is 0 Å². The van der Waals surface area contributed by atoms with Gasteiger partial charge in [-0.3, -0.25) is 0 Å². The molecule has 0 saturated carbocycles. The first-order valence-corrected chi connectivity index (χ1v) is 7.90. The van der Waals surface area contributed by atoms with E-state index in [0.29, 0.717) is 0 Å². The number of hydrogen-bond donors (Lipinski definition) is 0. The first kappa shape index (κ1) is 13.3. The number of benzene rings is 4. The maximum atomic E-state index is 2.30. The molecule has 0 atom stereocenters. The van der Waals surface area contributed by atoms with Crippen LogP contribution in [-0.4, -0.2) is 0 Å². The van der Waals surface area contributed by atoms with Crippen LogP contribution in [0, 0.1) is 27.7 Å². The molecule has 0 aliphatic heterocycles. The Balaban J connectivity index is 2.32. The molecule has 0 aliphatic rings. The van der Waals surface area contributed by atoms with Crippen LogP contribution in [0.2, 0.25) is 0 Å². The second kappa shape index (κ2) is 4.58. The van der Waals surface area contributed by atoms with Crippen molar-refractivity contribution in [2.45, 2.75) is 27.7 Å². The van der Waals surface area contributed by atoms with E-state index in [9.17, 15) is 0 Å². The molecule has 22 heavy (non-hydrogen) atoms. The third kappa shape index (κ3) is 1.64. The van der Waals surface area contributed by atoms with Gasteiger partial charge in [0.15, 0.2) is 0 Å². The lowest BCUT2D eigenvalue weighted by Crippen LogP contribution is -1.95. The molecule has 0 nitrogen and oxygen atoms in total. The molecule has 0 spiro atoms. The smallest absolute Gasteiger partial charge is 0.00704 e. The summed E-state index contributed by atoms with van der Waals surface area (Å²) in [5, 5.41) is 8.20. The zero-order valence-corrected chi connectivity index (χ0v) is 13.6. The minimum absolute atomic E-state index is 1.31. The van der Waals surface area contributed by atoms with Gasteiger partial charge in [-0.15, -0.1) is 0 Å². The lowest BCUT2D eigenvalue weighted by molar-refractivity contribution is 1.25. The SMILES string of the molecule is Cc1c(C)c(C)c2c(ccc3c4ccccc4ccc32)c1C. The van der Waals surface area contributed by atoms with E-state index in [4.69, 9.17) is 0 Å². The van der Waals surface area contributed by atoms with Crippen molar-refractivity contribution in [1.29, 1.82) is 0 Å². The molecule has 0 heterocycles. The highest BCUT2D eigenvalue weighted by Crippen LogP contribution is 2.36. The average Bonchev–Trinajstić information content (AvgIpc) is 2.56. The highest BCUT2D eigenvalue weighted by Gasteiger charge is 2.12. The average molecular weight is 284 g/mol. The zero-order valence-electron chi connectivity index (χ0n) is 13.6. The number of rotatable bonds is 0. The molecule has 0 fully saturated rings. The van der Waals surface area contributed by atoms with Gasteiger partial charge in [0.2, 0.25) is 0 Å². The fourth-order valence-electron chi connectivity index (χ4n) is 3.76. The van der Waals surface area contributed by atoms with Gasteiger partial charge in [0, 0.05) is 0 Å². The Labute approximate surface area is 131 Å². The van der Waals surface area contributed by atoms with Crippen molar-refractivity contribution in [3.05, 3.63) is 70.8 Å². The second-order valence-electron chi connectivity index (χ2n) is 6.37. The Kier molecular flexibility index (Phi) is 2.77. The summed E-state index contributed by atoms with van der Waals surface area (Å²) in [5.74, 6) is 0. The molecule has 0 saturated heterocycles. The van der Waals surface area contributed by atoms with Crippen LogP contribution in [0.15, 0.2) is 48.5 Å². The normalized spacial score (nSPS) is 11.6. The fraction of sp³-hybridized carbons (Fsp3) is 0.182. The van der Waals surface area contributed by atoms with Crippen molar-refractivity contribution in [3.63, 3.8) is 0 Å². The largest absolute Gasteiger partial charge is 0.0616 e. The van der Waals surface area contributed by atoms with Crippen molar-refractivity contribution < 1.29 is 0 Å². The van der Waals surface area contributed by atoms with E-state index >= 15 is 0 Å². The molecular formula is C22H20. The van der Waals surface area contributed by atoms with Gasteiger partial charge in [-0.1, -0.05) is 48.5 Å². The summed E-state index contributed by atoms with van der Waals surface area (Å²) in [7, 11) is 0. The van der Waals surface area contributed by atoms with Crippen LogP contribution in [0.25, 0.3) is 32.3 Å². The summed E-state index contributed by atoms with van der Waals surface area (Å²) >= 11 is 0. The maximum absolute atomic E-state index is 2.30. The molecule has 4 rings (SSSR count). The highest BCUT2D eigenvalue weighted by atomic mass is 14.2. The first-order chi connectivity index (χ1) is 10.6. The van der Waals surface area contributed by atoms with Crippen LogP contribution in [0.1, 0.15) is 22.3 Å². The number of aryl methyl sites for hydroxylation is 2. The molecule has 0 bridgehead atoms. The van der Waals surface area contributed by atoms with Gasteiger partial charge in [-0.25, -0.2) is 0 Å². The molecule has 0 unspecified atom stereocenters. The lowest BCUT2D eigenvalue weighted by atomic mass is 9.88. The van der Waals surface area contributed by atoms with Crippen molar-refractivity contribution in [2.24, 2.45) is 0 Å². The molecule has 0 aromatic heterocycles. The Hall–Kier alpha value is -2.34. The quantitative estimate of drug-likeness (QED) is 0.329. The van der Waals surface area contributed by atoms with E-state index in [-0.39, 0.29) is 0 Å². The third-order valence-electron chi connectivity index (χ3n) is 5.39. The second-order valence-corrected chi connectivity index (χ2v) is 6.37. The lowest BCUT2D eigenvalue weighted by Gasteiger charge is -2.16. The summed E-state index contributed by atoms with van der Waals surface area (Å²) in [4.78, 5) is 0. The summed E-state index contributed by atoms with van der Waals surface area (Å²) in [6, 6.07) is 17.8. The van der Waals surface area contributed by atoms with Crippen molar-refractivity contribution in [1.82, 2.24) is 0 Å². The fourth-order valence-corrected chi connectivity index (χ4v) is 3.76. The molecule has 0 N–H and O–H groups in total. The van der Waals surface area contributed by atoms with Gasteiger partial charge >= 0.3 is 0 Å². The van der Waals surface area contributed by atoms with Gasteiger partial charge in [-0.2, -0.15) is 0 Å². The van der Waals surface area contributed by atoms with Crippen LogP contribution in [0.4, 0.5) is 0 Å². The molecule has 108 valence electrons. The summed E-state index contributed by atoms with van der Waals surface area (Å²) in [5.41, 5.74) is 5.67. The Morgan fingerprint density at radius 3 is 1.91 bits per heavy atom.